The number of imide groups is 1. The molecule has 0 spiro atoms. The molecule has 0 radical (unpaired) electrons. The number of benzene rings is 1. The molecule has 1 aliphatic rings. The number of amides is 2. The zero-order valence-corrected chi connectivity index (χ0v) is 10.6. The monoisotopic (exact) mass is 303 g/mol. The summed E-state index contributed by atoms with van der Waals surface area (Å²) in [4.78, 5) is 23.2. The van der Waals surface area contributed by atoms with E-state index in [-0.39, 0.29) is 15.7 Å². The van der Waals surface area contributed by atoms with Crippen LogP contribution in [-0.4, -0.2) is 15.7 Å². The predicted molar refractivity (Wildman–Crippen MR) is 64.9 cm³/mol. The van der Waals surface area contributed by atoms with E-state index >= 15 is 0 Å². The number of nitrogens with one attached hydrogen (secondary N) is 1. The Morgan fingerprint density at radius 2 is 1.93 bits per heavy atom. The summed E-state index contributed by atoms with van der Waals surface area (Å²) < 4.78 is 0.630. The highest BCUT2D eigenvalue weighted by Crippen LogP contribution is 2.34. The first-order valence-electron chi connectivity index (χ1n) is 4.09. The molecule has 3 nitrogen and oxygen atoms in total. The molecule has 0 aliphatic carbocycles. The Morgan fingerprint density at radius 3 is 2.47 bits per heavy atom. The van der Waals surface area contributed by atoms with Crippen LogP contribution in [0.1, 0.15) is 0 Å². The molecule has 2 rings (SSSR count). The fourth-order valence-electron chi connectivity index (χ4n) is 1.05. The fraction of sp³-hybridized carbons (Fsp3) is 0.111. The maximum absolute atomic E-state index is 11.3. The Bertz CT molecular complexity index is 407. The number of halogens is 1. The molecule has 0 saturated carbocycles. The van der Waals surface area contributed by atoms with Crippen molar-refractivity contribution in [3.8, 4) is 0 Å². The molecule has 1 aromatic carbocycles. The summed E-state index contributed by atoms with van der Waals surface area (Å²) in [5.41, 5.74) is 0. The van der Waals surface area contributed by atoms with Gasteiger partial charge in [-0.15, -0.1) is 11.8 Å². The lowest BCUT2D eigenvalue weighted by Gasteiger charge is -2.04. The molecule has 78 valence electrons. The van der Waals surface area contributed by atoms with Crippen molar-refractivity contribution in [2.45, 2.75) is 9.48 Å². The number of thioether (sulfide) groups is 2. The zero-order chi connectivity index (χ0) is 10.8. The van der Waals surface area contributed by atoms with E-state index in [2.05, 4.69) is 21.2 Å². The average molecular weight is 304 g/mol. The Balaban J connectivity index is 2.06. The van der Waals surface area contributed by atoms with Crippen LogP contribution in [-0.2, 0) is 4.79 Å². The second kappa shape index (κ2) is 4.59. The molecule has 2 amide bonds. The Morgan fingerprint density at radius 1 is 1.27 bits per heavy atom. The van der Waals surface area contributed by atoms with Gasteiger partial charge < -0.3 is 0 Å². The molecule has 0 aromatic heterocycles. The molecular formula is C9H6BrNO2S2. The van der Waals surface area contributed by atoms with E-state index in [1.54, 1.807) is 0 Å². The fourth-order valence-corrected chi connectivity index (χ4v) is 3.33. The Hall–Kier alpha value is -0.460. The second-order valence-corrected chi connectivity index (χ2v) is 6.27. The van der Waals surface area contributed by atoms with Gasteiger partial charge in [0.1, 0.15) is 4.58 Å². The van der Waals surface area contributed by atoms with Crippen molar-refractivity contribution in [3.63, 3.8) is 0 Å². The third-order valence-corrected chi connectivity index (χ3v) is 4.53. The van der Waals surface area contributed by atoms with Gasteiger partial charge in [-0.2, -0.15) is 0 Å². The van der Waals surface area contributed by atoms with E-state index in [9.17, 15) is 9.59 Å². The van der Waals surface area contributed by atoms with Crippen molar-refractivity contribution in [1.29, 1.82) is 0 Å². The topological polar surface area (TPSA) is 46.2 Å². The van der Waals surface area contributed by atoms with E-state index in [1.807, 2.05) is 24.3 Å². The van der Waals surface area contributed by atoms with Crippen LogP contribution in [0.25, 0.3) is 0 Å². The minimum atomic E-state index is -0.362. The van der Waals surface area contributed by atoms with Crippen LogP contribution in [0.2, 0.25) is 0 Å². The van der Waals surface area contributed by atoms with Gasteiger partial charge in [0.05, 0.1) is 0 Å². The maximum atomic E-state index is 11.3. The molecule has 1 unspecified atom stereocenters. The first-order chi connectivity index (χ1) is 7.15. The van der Waals surface area contributed by atoms with Crippen molar-refractivity contribution in [2.75, 3.05) is 0 Å². The molecule has 1 fully saturated rings. The second-order valence-electron chi connectivity index (χ2n) is 2.80. The first kappa shape index (κ1) is 11.0. The summed E-state index contributed by atoms with van der Waals surface area (Å²) in [7, 11) is 0. The van der Waals surface area contributed by atoms with Crippen LogP contribution in [0.15, 0.2) is 33.6 Å². The molecule has 1 aromatic rings. The zero-order valence-electron chi connectivity index (χ0n) is 7.40. The summed E-state index contributed by atoms with van der Waals surface area (Å²) in [6.45, 7) is 0. The highest BCUT2D eigenvalue weighted by atomic mass is 79.9. The molecule has 6 heteroatoms. The summed E-state index contributed by atoms with van der Waals surface area (Å²) in [5.74, 6) is -0.224. The lowest BCUT2D eigenvalue weighted by molar-refractivity contribution is -0.117. The molecule has 1 saturated heterocycles. The molecule has 0 bridgehead atoms. The number of hydrogen-bond donors (Lipinski definition) is 1. The average Bonchev–Trinajstić information content (AvgIpc) is 2.49. The standard InChI is InChI=1S/C9H6BrNO2S2/c10-5-1-3-6(4-2-5)14-8-7(12)11-9(13)15-8/h1-4,8H,(H,11,12,13). The largest absolute Gasteiger partial charge is 0.287 e. The summed E-state index contributed by atoms with van der Waals surface area (Å²) in [6.07, 6.45) is 0. The minimum Gasteiger partial charge on any atom is -0.285 e. The van der Waals surface area contributed by atoms with Gasteiger partial charge in [-0.3, -0.25) is 14.9 Å². The van der Waals surface area contributed by atoms with Gasteiger partial charge in [-0.1, -0.05) is 15.9 Å². The van der Waals surface area contributed by atoms with Gasteiger partial charge in [0.2, 0.25) is 0 Å². The van der Waals surface area contributed by atoms with Gasteiger partial charge in [0, 0.05) is 9.37 Å². The van der Waals surface area contributed by atoms with Gasteiger partial charge >= 0.3 is 0 Å². The molecule has 15 heavy (non-hydrogen) atoms. The van der Waals surface area contributed by atoms with Crippen LogP contribution in [0.4, 0.5) is 4.79 Å². The van der Waals surface area contributed by atoms with Crippen molar-refractivity contribution in [2.24, 2.45) is 0 Å². The SMILES string of the molecule is O=C1NC(=O)C(Sc2ccc(Br)cc2)S1. The van der Waals surface area contributed by atoms with Crippen LogP contribution in [0, 0.1) is 0 Å². The van der Waals surface area contributed by atoms with Gasteiger partial charge in [0.15, 0.2) is 0 Å². The molecule has 1 N–H and O–H groups in total. The predicted octanol–water partition coefficient (Wildman–Crippen LogP) is 2.85. The molecule has 1 heterocycles. The van der Waals surface area contributed by atoms with E-state index in [1.165, 1.54) is 11.8 Å². The van der Waals surface area contributed by atoms with Crippen molar-refractivity contribution >= 4 is 50.6 Å². The van der Waals surface area contributed by atoms with Gasteiger partial charge in [-0.05, 0) is 36.0 Å². The van der Waals surface area contributed by atoms with E-state index in [0.29, 0.717) is 0 Å². The van der Waals surface area contributed by atoms with Crippen molar-refractivity contribution in [3.05, 3.63) is 28.7 Å². The number of rotatable bonds is 2. The number of carbonyl (C=O) groups excluding carboxylic acids is 2. The number of hydrogen-bond acceptors (Lipinski definition) is 4. The molecule has 1 atom stereocenters. The highest BCUT2D eigenvalue weighted by Gasteiger charge is 2.32. The van der Waals surface area contributed by atoms with Crippen molar-refractivity contribution < 1.29 is 9.59 Å². The third kappa shape index (κ3) is 2.76. The van der Waals surface area contributed by atoms with Crippen LogP contribution in [0.5, 0.6) is 0 Å². The lowest BCUT2D eigenvalue weighted by Crippen LogP contribution is -2.22. The van der Waals surface area contributed by atoms with Gasteiger partial charge in [-0.25, -0.2) is 0 Å². The van der Waals surface area contributed by atoms with E-state index in [4.69, 9.17) is 0 Å². The van der Waals surface area contributed by atoms with Gasteiger partial charge in [0.25, 0.3) is 11.1 Å². The summed E-state index contributed by atoms with van der Waals surface area (Å²) in [6, 6.07) is 7.63. The number of carbonyl (C=O) groups is 2. The maximum Gasteiger partial charge on any atom is 0.287 e. The normalized spacial score (nSPS) is 20.5. The smallest absolute Gasteiger partial charge is 0.285 e. The quantitative estimate of drug-likeness (QED) is 0.912. The third-order valence-electron chi connectivity index (χ3n) is 1.71. The molecular weight excluding hydrogens is 298 g/mol. The van der Waals surface area contributed by atoms with Crippen molar-refractivity contribution in [1.82, 2.24) is 5.32 Å². The summed E-state index contributed by atoms with van der Waals surface area (Å²) in [5, 5.41) is 1.98. The minimum absolute atomic E-state index is 0.224. The molecule has 1 aliphatic heterocycles. The first-order valence-corrected chi connectivity index (χ1v) is 6.64. The highest BCUT2D eigenvalue weighted by molar-refractivity contribution is 9.10. The van der Waals surface area contributed by atoms with Crippen LogP contribution in [0.3, 0.4) is 0 Å². The van der Waals surface area contributed by atoms with Crippen LogP contribution >= 0.6 is 39.5 Å². The Kier molecular flexibility index (Phi) is 3.38. The lowest BCUT2D eigenvalue weighted by atomic mass is 10.4. The Labute approximate surface area is 104 Å². The summed E-state index contributed by atoms with van der Waals surface area (Å²) >= 11 is 5.74. The van der Waals surface area contributed by atoms with E-state index < -0.39 is 0 Å². The van der Waals surface area contributed by atoms with Crippen LogP contribution < -0.4 is 5.32 Å². The van der Waals surface area contributed by atoms with E-state index in [0.717, 1.165) is 21.1 Å².